The quantitative estimate of drug-likeness (QED) is 0.654. The van der Waals surface area contributed by atoms with Crippen molar-refractivity contribution in [1.82, 2.24) is 0 Å². The number of aryl methyl sites for hydroxylation is 1. The molecule has 0 nitrogen and oxygen atoms in total. The van der Waals surface area contributed by atoms with Crippen molar-refractivity contribution in [2.75, 3.05) is 5.88 Å². The summed E-state index contributed by atoms with van der Waals surface area (Å²) in [4.78, 5) is 0. The Kier molecular flexibility index (Phi) is 4.00. The van der Waals surface area contributed by atoms with E-state index in [1.165, 1.54) is 11.1 Å². The van der Waals surface area contributed by atoms with Crippen LogP contribution < -0.4 is 0 Å². The van der Waals surface area contributed by atoms with Crippen LogP contribution in [0.3, 0.4) is 0 Å². The van der Waals surface area contributed by atoms with E-state index in [1.807, 2.05) is 0 Å². The van der Waals surface area contributed by atoms with Crippen LogP contribution in [0.25, 0.3) is 0 Å². The van der Waals surface area contributed by atoms with E-state index in [0.29, 0.717) is 0 Å². The average molecular weight is 211 g/mol. The van der Waals surface area contributed by atoms with E-state index in [0.717, 1.165) is 18.7 Å². The molecule has 1 aromatic carbocycles. The molecule has 0 aliphatic heterocycles. The Morgan fingerprint density at radius 2 is 1.79 bits per heavy atom. The molecule has 0 bridgehead atoms. The fourth-order valence-corrected chi connectivity index (χ4v) is 1.75. The van der Waals surface area contributed by atoms with Crippen LogP contribution in [-0.2, 0) is 6.42 Å². The zero-order valence-corrected chi connectivity index (χ0v) is 10.1. The normalized spacial score (nSPS) is 15.1. The van der Waals surface area contributed by atoms with Crippen molar-refractivity contribution in [3.8, 4) is 0 Å². The minimum absolute atomic E-state index is 0.247. The van der Waals surface area contributed by atoms with Crippen LogP contribution in [0.5, 0.6) is 0 Å². The van der Waals surface area contributed by atoms with Crippen LogP contribution in [0.1, 0.15) is 31.4 Å². The summed E-state index contributed by atoms with van der Waals surface area (Å²) < 4.78 is 0. The van der Waals surface area contributed by atoms with Gasteiger partial charge >= 0.3 is 0 Å². The molecule has 0 aromatic heterocycles. The predicted octanol–water partition coefficient (Wildman–Crippen LogP) is 4.19. The summed E-state index contributed by atoms with van der Waals surface area (Å²) >= 11 is 5.99. The van der Waals surface area contributed by atoms with E-state index in [1.54, 1.807) is 0 Å². The van der Waals surface area contributed by atoms with E-state index in [4.69, 9.17) is 11.6 Å². The van der Waals surface area contributed by atoms with Gasteiger partial charge in [-0.3, -0.25) is 0 Å². The Hall–Kier alpha value is -0.490. The molecule has 14 heavy (non-hydrogen) atoms. The van der Waals surface area contributed by atoms with E-state index in [2.05, 4.69) is 45.0 Å². The second-order valence-corrected chi connectivity index (χ2v) is 4.73. The summed E-state index contributed by atoms with van der Waals surface area (Å²) in [6.45, 7) is 6.57. The number of halogens is 1. The lowest BCUT2D eigenvalue weighted by atomic mass is 9.83. The van der Waals surface area contributed by atoms with E-state index < -0.39 is 0 Å². The summed E-state index contributed by atoms with van der Waals surface area (Å²) in [7, 11) is 0. The van der Waals surface area contributed by atoms with Crippen LogP contribution >= 0.6 is 11.6 Å². The Bertz CT molecular complexity index is 270. The lowest BCUT2D eigenvalue weighted by molar-refractivity contribution is 0.355. The topological polar surface area (TPSA) is 0 Å². The first-order chi connectivity index (χ1) is 6.59. The summed E-state index contributed by atoms with van der Waals surface area (Å²) in [6, 6.07) is 8.74. The largest absolute Gasteiger partial charge is 0.126 e. The molecule has 1 heteroatoms. The first-order valence-corrected chi connectivity index (χ1v) is 5.74. The molecule has 0 amide bonds. The van der Waals surface area contributed by atoms with E-state index in [-0.39, 0.29) is 5.41 Å². The first-order valence-electron chi connectivity index (χ1n) is 5.21. The van der Waals surface area contributed by atoms with Crippen molar-refractivity contribution in [3.05, 3.63) is 35.4 Å². The van der Waals surface area contributed by atoms with Crippen molar-refractivity contribution in [2.24, 2.45) is 5.41 Å². The molecule has 0 aliphatic carbocycles. The van der Waals surface area contributed by atoms with Gasteiger partial charge in [-0.05, 0) is 30.7 Å². The van der Waals surface area contributed by atoms with Gasteiger partial charge in [0.2, 0.25) is 0 Å². The number of rotatable bonds is 4. The second kappa shape index (κ2) is 4.84. The Morgan fingerprint density at radius 1 is 1.21 bits per heavy atom. The fraction of sp³-hybridized carbons (Fsp3) is 0.538. The standard InChI is InChI=1S/C13H19Cl/c1-4-13(3,10-14)9-12-7-5-11(2)6-8-12/h5-8H,4,9-10H2,1-3H3. The third-order valence-corrected chi connectivity index (χ3v) is 3.57. The van der Waals surface area contributed by atoms with Crippen molar-refractivity contribution in [3.63, 3.8) is 0 Å². The predicted molar refractivity (Wildman–Crippen MR) is 64.0 cm³/mol. The maximum Gasteiger partial charge on any atom is 0.0280 e. The molecule has 0 spiro atoms. The molecule has 0 heterocycles. The van der Waals surface area contributed by atoms with Gasteiger partial charge in [-0.2, -0.15) is 0 Å². The maximum atomic E-state index is 5.99. The Morgan fingerprint density at radius 3 is 2.21 bits per heavy atom. The average Bonchev–Trinajstić information content (AvgIpc) is 2.21. The molecular weight excluding hydrogens is 192 g/mol. The summed E-state index contributed by atoms with van der Waals surface area (Å²) in [6.07, 6.45) is 2.21. The maximum absolute atomic E-state index is 5.99. The third-order valence-electron chi connectivity index (χ3n) is 2.93. The first kappa shape index (κ1) is 11.6. The van der Waals surface area contributed by atoms with Crippen molar-refractivity contribution in [1.29, 1.82) is 0 Å². The van der Waals surface area contributed by atoms with Gasteiger partial charge < -0.3 is 0 Å². The zero-order chi connectivity index (χ0) is 10.6. The van der Waals surface area contributed by atoms with Gasteiger partial charge in [0, 0.05) is 5.88 Å². The highest BCUT2D eigenvalue weighted by Crippen LogP contribution is 2.27. The molecular formula is C13H19Cl. The molecule has 1 unspecified atom stereocenters. The molecule has 0 saturated carbocycles. The van der Waals surface area contributed by atoms with Crippen LogP contribution in [0.2, 0.25) is 0 Å². The fourth-order valence-electron chi connectivity index (χ4n) is 1.47. The number of hydrogen-bond donors (Lipinski definition) is 0. The van der Waals surface area contributed by atoms with Gasteiger partial charge in [-0.15, -0.1) is 11.6 Å². The number of benzene rings is 1. The highest BCUT2D eigenvalue weighted by atomic mass is 35.5. The van der Waals surface area contributed by atoms with E-state index in [9.17, 15) is 0 Å². The highest BCUT2D eigenvalue weighted by Gasteiger charge is 2.20. The minimum Gasteiger partial charge on any atom is -0.126 e. The van der Waals surface area contributed by atoms with Gasteiger partial charge in [0.25, 0.3) is 0 Å². The molecule has 0 fully saturated rings. The van der Waals surface area contributed by atoms with Gasteiger partial charge in [0.05, 0.1) is 0 Å². The number of hydrogen-bond acceptors (Lipinski definition) is 0. The number of alkyl halides is 1. The summed E-state index contributed by atoms with van der Waals surface area (Å²) in [5.41, 5.74) is 2.95. The molecule has 1 atom stereocenters. The van der Waals surface area contributed by atoms with Gasteiger partial charge in [0.15, 0.2) is 0 Å². The van der Waals surface area contributed by atoms with Crippen LogP contribution in [0, 0.1) is 12.3 Å². The van der Waals surface area contributed by atoms with Gasteiger partial charge in [-0.25, -0.2) is 0 Å². The van der Waals surface area contributed by atoms with Crippen LogP contribution in [0.15, 0.2) is 24.3 Å². The minimum atomic E-state index is 0.247. The van der Waals surface area contributed by atoms with Gasteiger partial charge in [0.1, 0.15) is 0 Å². The SMILES string of the molecule is CCC(C)(CCl)Cc1ccc(C)cc1. The van der Waals surface area contributed by atoms with Crippen LogP contribution in [0.4, 0.5) is 0 Å². The lowest BCUT2D eigenvalue weighted by Crippen LogP contribution is -2.20. The van der Waals surface area contributed by atoms with E-state index >= 15 is 0 Å². The third kappa shape index (κ3) is 3.02. The van der Waals surface area contributed by atoms with Gasteiger partial charge in [-0.1, -0.05) is 43.7 Å². The second-order valence-electron chi connectivity index (χ2n) is 4.46. The smallest absolute Gasteiger partial charge is 0.0280 e. The molecule has 1 rings (SSSR count). The summed E-state index contributed by atoms with van der Waals surface area (Å²) in [5, 5.41) is 0. The molecule has 0 radical (unpaired) electrons. The molecule has 0 aliphatic rings. The van der Waals surface area contributed by atoms with Crippen molar-refractivity contribution < 1.29 is 0 Å². The Balaban J connectivity index is 2.72. The molecule has 0 N–H and O–H groups in total. The van der Waals surface area contributed by atoms with Crippen LogP contribution in [-0.4, -0.2) is 5.88 Å². The highest BCUT2D eigenvalue weighted by molar-refractivity contribution is 6.18. The monoisotopic (exact) mass is 210 g/mol. The summed E-state index contributed by atoms with van der Waals surface area (Å²) in [5.74, 6) is 0.734. The molecule has 78 valence electrons. The zero-order valence-electron chi connectivity index (χ0n) is 9.31. The molecule has 0 saturated heterocycles. The van der Waals surface area contributed by atoms with Crippen molar-refractivity contribution >= 4 is 11.6 Å². The molecule has 1 aromatic rings. The lowest BCUT2D eigenvalue weighted by Gasteiger charge is -2.25. The Labute approximate surface area is 92.3 Å². The van der Waals surface area contributed by atoms with Crippen molar-refractivity contribution in [2.45, 2.75) is 33.6 Å².